The maximum atomic E-state index is 12.8. The molecule has 1 N–H and O–H groups in total. The molecule has 1 heterocycles. The fraction of sp³-hybridized carbons (Fsp3) is 0.391. The zero-order valence-corrected chi connectivity index (χ0v) is 18.2. The maximum absolute atomic E-state index is 12.8. The van der Waals surface area contributed by atoms with Gasteiger partial charge in [0, 0.05) is 23.8 Å². The quantitative estimate of drug-likeness (QED) is 0.762. The highest BCUT2D eigenvalue weighted by Gasteiger charge is 2.25. The standard InChI is InChI=1S/C23H28N2O4S/c1-17-9-11-21(12-10-17)24-22(26)16-30(28,29)15-19-7-5-8-20(14-19)23(27)25-13-4-3-6-18(25)2/h5,7-12,14,18H,3-4,6,13,15-16H2,1-2H3,(H,24,26). The van der Waals surface area contributed by atoms with E-state index in [1.165, 1.54) is 0 Å². The van der Waals surface area contributed by atoms with Gasteiger partial charge in [-0.2, -0.15) is 0 Å². The Bertz CT molecular complexity index is 1020. The lowest BCUT2D eigenvalue weighted by atomic mass is 10.0. The highest BCUT2D eigenvalue weighted by Crippen LogP contribution is 2.20. The molecule has 2 aromatic rings. The first kappa shape index (κ1) is 22.0. The lowest BCUT2D eigenvalue weighted by molar-refractivity contribution is -0.113. The van der Waals surface area contributed by atoms with E-state index in [0.717, 1.165) is 31.4 Å². The van der Waals surface area contributed by atoms with Crippen LogP contribution in [-0.2, 0) is 20.4 Å². The van der Waals surface area contributed by atoms with E-state index in [1.54, 1.807) is 36.4 Å². The van der Waals surface area contributed by atoms with Gasteiger partial charge in [-0.1, -0.05) is 29.8 Å². The Labute approximate surface area is 178 Å². The molecule has 1 atom stereocenters. The van der Waals surface area contributed by atoms with Crippen molar-refractivity contribution < 1.29 is 18.0 Å². The van der Waals surface area contributed by atoms with E-state index in [4.69, 9.17) is 0 Å². The van der Waals surface area contributed by atoms with Gasteiger partial charge in [-0.25, -0.2) is 8.42 Å². The van der Waals surface area contributed by atoms with Crippen LogP contribution in [0.5, 0.6) is 0 Å². The number of piperidine rings is 1. The van der Waals surface area contributed by atoms with E-state index in [0.29, 0.717) is 16.8 Å². The molecule has 1 unspecified atom stereocenters. The minimum absolute atomic E-state index is 0.0708. The van der Waals surface area contributed by atoms with Gasteiger partial charge in [-0.3, -0.25) is 9.59 Å². The highest BCUT2D eigenvalue weighted by atomic mass is 32.2. The summed E-state index contributed by atoms with van der Waals surface area (Å²) in [7, 11) is -3.68. The van der Waals surface area contributed by atoms with Crippen LogP contribution in [0.4, 0.5) is 5.69 Å². The van der Waals surface area contributed by atoms with Crippen molar-refractivity contribution in [3.8, 4) is 0 Å². The Morgan fingerprint density at radius 3 is 2.53 bits per heavy atom. The zero-order chi connectivity index (χ0) is 21.7. The van der Waals surface area contributed by atoms with Crippen LogP contribution in [0, 0.1) is 6.92 Å². The third kappa shape index (κ3) is 5.92. The van der Waals surface area contributed by atoms with Crippen molar-refractivity contribution in [2.24, 2.45) is 0 Å². The van der Waals surface area contributed by atoms with Gasteiger partial charge in [0.15, 0.2) is 9.84 Å². The van der Waals surface area contributed by atoms with Gasteiger partial charge in [0.05, 0.1) is 5.75 Å². The minimum atomic E-state index is -3.68. The van der Waals surface area contributed by atoms with Crippen molar-refractivity contribution in [3.63, 3.8) is 0 Å². The van der Waals surface area contributed by atoms with Crippen LogP contribution >= 0.6 is 0 Å². The number of hydrogen-bond acceptors (Lipinski definition) is 4. The zero-order valence-electron chi connectivity index (χ0n) is 17.4. The average molecular weight is 429 g/mol. The average Bonchev–Trinajstić information content (AvgIpc) is 2.69. The maximum Gasteiger partial charge on any atom is 0.254 e. The number of amides is 2. The summed E-state index contributed by atoms with van der Waals surface area (Å²) < 4.78 is 25.1. The predicted molar refractivity (Wildman–Crippen MR) is 118 cm³/mol. The third-order valence-corrected chi connectivity index (χ3v) is 6.79. The highest BCUT2D eigenvalue weighted by molar-refractivity contribution is 7.91. The molecule has 1 aliphatic rings. The van der Waals surface area contributed by atoms with Gasteiger partial charge in [0.25, 0.3) is 5.91 Å². The predicted octanol–water partition coefficient (Wildman–Crippen LogP) is 3.56. The lowest BCUT2D eigenvalue weighted by Gasteiger charge is -2.33. The molecule has 6 nitrogen and oxygen atoms in total. The molecule has 1 fully saturated rings. The monoisotopic (exact) mass is 428 g/mol. The summed E-state index contributed by atoms with van der Waals surface area (Å²) in [6.07, 6.45) is 3.09. The van der Waals surface area contributed by atoms with Gasteiger partial charge in [-0.15, -0.1) is 0 Å². The molecule has 0 saturated carbocycles. The Hall–Kier alpha value is -2.67. The van der Waals surface area contributed by atoms with E-state index in [1.807, 2.05) is 30.9 Å². The Morgan fingerprint density at radius 2 is 1.83 bits per heavy atom. The number of carbonyl (C=O) groups excluding carboxylic acids is 2. The van der Waals surface area contributed by atoms with Crippen molar-refractivity contribution in [1.82, 2.24) is 4.90 Å². The first-order valence-electron chi connectivity index (χ1n) is 10.2. The molecule has 2 aromatic carbocycles. The van der Waals surface area contributed by atoms with Crippen molar-refractivity contribution >= 4 is 27.3 Å². The van der Waals surface area contributed by atoms with Crippen LogP contribution in [0.1, 0.15) is 47.7 Å². The summed E-state index contributed by atoms with van der Waals surface area (Å²) in [5.74, 6) is -1.54. The lowest BCUT2D eigenvalue weighted by Crippen LogP contribution is -2.42. The molecular weight excluding hydrogens is 400 g/mol. The van der Waals surface area contributed by atoms with Crippen molar-refractivity contribution in [3.05, 3.63) is 65.2 Å². The molecule has 0 aromatic heterocycles. The molecule has 160 valence electrons. The number of nitrogens with zero attached hydrogens (tertiary/aromatic N) is 1. The summed E-state index contributed by atoms with van der Waals surface area (Å²) in [4.78, 5) is 26.9. The van der Waals surface area contributed by atoms with Gasteiger partial charge in [0.1, 0.15) is 5.75 Å². The number of rotatable bonds is 6. The molecule has 0 radical (unpaired) electrons. The number of anilines is 1. The number of nitrogens with one attached hydrogen (secondary N) is 1. The molecule has 0 aliphatic carbocycles. The summed E-state index contributed by atoms with van der Waals surface area (Å²) in [6, 6.07) is 14.0. The molecule has 3 rings (SSSR count). The van der Waals surface area contributed by atoms with E-state index in [2.05, 4.69) is 5.32 Å². The summed E-state index contributed by atoms with van der Waals surface area (Å²) in [5, 5.41) is 2.61. The summed E-state index contributed by atoms with van der Waals surface area (Å²) in [5.41, 5.74) is 2.60. The van der Waals surface area contributed by atoms with Crippen LogP contribution in [0.3, 0.4) is 0 Å². The number of hydrogen-bond donors (Lipinski definition) is 1. The Kier molecular flexibility index (Phi) is 6.92. The van der Waals surface area contributed by atoms with E-state index in [9.17, 15) is 18.0 Å². The van der Waals surface area contributed by atoms with Crippen molar-refractivity contribution in [2.75, 3.05) is 17.6 Å². The first-order chi connectivity index (χ1) is 14.2. The molecule has 30 heavy (non-hydrogen) atoms. The molecule has 0 bridgehead atoms. The Morgan fingerprint density at radius 1 is 1.10 bits per heavy atom. The first-order valence-corrected chi connectivity index (χ1v) is 12.0. The van der Waals surface area contributed by atoms with Gasteiger partial charge in [-0.05, 0) is 62.9 Å². The smallest absolute Gasteiger partial charge is 0.254 e. The third-order valence-electron chi connectivity index (χ3n) is 5.31. The number of sulfone groups is 1. The van der Waals surface area contributed by atoms with E-state index >= 15 is 0 Å². The van der Waals surface area contributed by atoms with Crippen LogP contribution in [0.25, 0.3) is 0 Å². The van der Waals surface area contributed by atoms with Crippen LogP contribution in [-0.4, -0.2) is 43.5 Å². The Balaban J connectivity index is 1.64. The summed E-state index contributed by atoms with van der Waals surface area (Å²) in [6.45, 7) is 4.70. The van der Waals surface area contributed by atoms with Crippen molar-refractivity contribution in [2.45, 2.75) is 44.9 Å². The normalized spacial score (nSPS) is 16.9. The molecule has 1 aliphatic heterocycles. The SMILES string of the molecule is Cc1ccc(NC(=O)CS(=O)(=O)Cc2cccc(C(=O)N3CCCCC3C)c2)cc1. The van der Waals surface area contributed by atoms with Gasteiger partial charge in [0.2, 0.25) is 5.91 Å². The molecule has 0 spiro atoms. The van der Waals surface area contributed by atoms with E-state index in [-0.39, 0.29) is 17.7 Å². The molecular formula is C23H28N2O4S. The van der Waals surface area contributed by atoms with Crippen LogP contribution in [0.15, 0.2) is 48.5 Å². The minimum Gasteiger partial charge on any atom is -0.336 e. The second-order valence-electron chi connectivity index (χ2n) is 7.99. The van der Waals surface area contributed by atoms with Crippen LogP contribution in [0.2, 0.25) is 0 Å². The largest absolute Gasteiger partial charge is 0.336 e. The number of carbonyl (C=O) groups is 2. The second kappa shape index (κ2) is 9.43. The number of benzene rings is 2. The van der Waals surface area contributed by atoms with Crippen molar-refractivity contribution in [1.29, 1.82) is 0 Å². The molecule has 2 amide bonds. The van der Waals surface area contributed by atoms with E-state index < -0.39 is 21.5 Å². The molecule has 7 heteroatoms. The fourth-order valence-electron chi connectivity index (χ4n) is 3.70. The number of aryl methyl sites for hydroxylation is 1. The van der Waals surface area contributed by atoms with Crippen LogP contribution < -0.4 is 5.32 Å². The van der Waals surface area contributed by atoms with Gasteiger partial charge < -0.3 is 10.2 Å². The topological polar surface area (TPSA) is 83.5 Å². The van der Waals surface area contributed by atoms with Gasteiger partial charge >= 0.3 is 0 Å². The molecule has 1 saturated heterocycles. The fourth-order valence-corrected chi connectivity index (χ4v) is 4.96. The second-order valence-corrected chi connectivity index (χ2v) is 10.1. The summed E-state index contributed by atoms with van der Waals surface area (Å²) >= 11 is 0. The number of likely N-dealkylation sites (tertiary alicyclic amines) is 1.